The number of ketones is 1. The van der Waals surface area contributed by atoms with Crippen LogP contribution >= 0.6 is 0 Å². The van der Waals surface area contributed by atoms with Crippen LogP contribution in [0.1, 0.15) is 46.5 Å². The van der Waals surface area contributed by atoms with Crippen LogP contribution in [0.3, 0.4) is 0 Å². The van der Waals surface area contributed by atoms with Gasteiger partial charge in [-0.15, -0.1) is 0 Å². The summed E-state index contributed by atoms with van der Waals surface area (Å²) >= 11 is 0. The lowest BCUT2D eigenvalue weighted by Gasteiger charge is -2.50. The summed E-state index contributed by atoms with van der Waals surface area (Å²) in [4.78, 5) is 12.6. The second-order valence-corrected chi connectivity index (χ2v) is 7.42. The van der Waals surface area contributed by atoms with Gasteiger partial charge in [0.1, 0.15) is 12.2 Å². The third-order valence-corrected chi connectivity index (χ3v) is 6.15. The van der Waals surface area contributed by atoms with Crippen molar-refractivity contribution in [1.82, 2.24) is 0 Å². The number of carbonyl (C=O) groups excluding carboxylic acids is 1. The molecule has 0 amide bonds. The zero-order chi connectivity index (χ0) is 17.4. The van der Waals surface area contributed by atoms with Crippen LogP contribution in [0.15, 0.2) is 12.2 Å². The van der Waals surface area contributed by atoms with Gasteiger partial charge in [0.25, 0.3) is 0 Å². The van der Waals surface area contributed by atoms with E-state index in [2.05, 4.69) is 20.8 Å². The average molecular weight is 338 g/mol. The second-order valence-electron chi connectivity index (χ2n) is 7.42. The molecule has 4 atom stereocenters. The van der Waals surface area contributed by atoms with Crippen LogP contribution in [0.5, 0.6) is 0 Å². The van der Waals surface area contributed by atoms with Crippen LogP contribution in [0.4, 0.5) is 0 Å². The molecular formula is C19H30O5. The van der Waals surface area contributed by atoms with Crippen molar-refractivity contribution in [2.75, 3.05) is 19.8 Å². The average Bonchev–Trinajstić information content (AvgIpc) is 3.42. The molecule has 0 aromatic carbocycles. The van der Waals surface area contributed by atoms with Crippen LogP contribution in [-0.2, 0) is 19.0 Å². The predicted octanol–water partition coefficient (Wildman–Crippen LogP) is 2.47. The first-order valence-corrected chi connectivity index (χ1v) is 9.32. The van der Waals surface area contributed by atoms with E-state index in [4.69, 9.17) is 14.2 Å². The van der Waals surface area contributed by atoms with Crippen molar-refractivity contribution in [3.63, 3.8) is 0 Å². The first kappa shape index (κ1) is 18.1. The lowest BCUT2D eigenvalue weighted by atomic mass is 9.72. The first-order valence-electron chi connectivity index (χ1n) is 9.32. The molecule has 136 valence electrons. The van der Waals surface area contributed by atoms with Crippen molar-refractivity contribution in [2.45, 2.75) is 64.4 Å². The van der Waals surface area contributed by atoms with E-state index in [1.54, 1.807) is 0 Å². The van der Waals surface area contributed by atoms with Gasteiger partial charge in [0, 0.05) is 11.3 Å². The minimum atomic E-state index is -0.984. The molecule has 0 aromatic heterocycles. The fourth-order valence-electron chi connectivity index (χ4n) is 4.01. The normalized spacial score (nSPS) is 36.9. The number of carbonyl (C=O) groups is 1. The number of unbranched alkanes of at least 4 members (excludes halogenated alkanes) is 1. The predicted molar refractivity (Wildman–Crippen MR) is 89.4 cm³/mol. The molecule has 2 unspecified atom stereocenters. The molecule has 2 saturated heterocycles. The van der Waals surface area contributed by atoms with Gasteiger partial charge in [0.15, 0.2) is 5.78 Å². The molecule has 1 N–H and O–H groups in total. The molecule has 0 bridgehead atoms. The van der Waals surface area contributed by atoms with Crippen molar-refractivity contribution in [2.24, 2.45) is 17.3 Å². The molecule has 2 heterocycles. The molecular weight excluding hydrogens is 308 g/mol. The Labute approximate surface area is 144 Å². The second kappa shape index (κ2) is 6.87. The molecule has 0 radical (unpaired) electrons. The van der Waals surface area contributed by atoms with Crippen molar-refractivity contribution in [3.05, 3.63) is 12.2 Å². The Morgan fingerprint density at radius 2 is 1.88 bits per heavy atom. The molecule has 5 nitrogen and oxygen atoms in total. The summed E-state index contributed by atoms with van der Waals surface area (Å²) in [7, 11) is 0. The van der Waals surface area contributed by atoms with Crippen LogP contribution in [0.25, 0.3) is 0 Å². The highest BCUT2D eigenvalue weighted by atomic mass is 16.8. The number of aliphatic hydroxyl groups excluding tert-OH is 1. The topological polar surface area (TPSA) is 68.3 Å². The third-order valence-electron chi connectivity index (χ3n) is 6.15. The number of hydrogen-bond donors (Lipinski definition) is 1. The fraction of sp³-hybridized carbons (Fsp3) is 0.842. The number of rotatable bonds is 6. The molecule has 1 aliphatic carbocycles. The summed E-state index contributed by atoms with van der Waals surface area (Å²) in [6.45, 7) is 7.42. The van der Waals surface area contributed by atoms with Crippen molar-refractivity contribution >= 4 is 5.78 Å². The van der Waals surface area contributed by atoms with Crippen molar-refractivity contribution < 1.29 is 24.1 Å². The Hall–Kier alpha value is -0.750. The van der Waals surface area contributed by atoms with Gasteiger partial charge in [-0.1, -0.05) is 39.3 Å². The van der Waals surface area contributed by atoms with Crippen LogP contribution in [0, 0.1) is 17.3 Å². The van der Waals surface area contributed by atoms with Gasteiger partial charge in [0.05, 0.1) is 25.7 Å². The number of allylic oxidation sites excluding steroid dienone is 2. The summed E-state index contributed by atoms with van der Waals surface area (Å²) in [5.74, 6) is -1.75. The largest absolute Gasteiger partial charge is 0.396 e. The number of hydrogen-bond acceptors (Lipinski definition) is 5. The van der Waals surface area contributed by atoms with Gasteiger partial charge >= 0.3 is 0 Å². The Balaban J connectivity index is 1.84. The zero-order valence-electron chi connectivity index (χ0n) is 15.0. The summed E-state index contributed by atoms with van der Waals surface area (Å²) < 4.78 is 18.1. The molecule has 1 spiro atoms. The van der Waals surface area contributed by atoms with Gasteiger partial charge in [-0.2, -0.15) is 0 Å². The van der Waals surface area contributed by atoms with Gasteiger partial charge in [-0.05, 0) is 19.3 Å². The molecule has 24 heavy (non-hydrogen) atoms. The standard InChI is InChI=1S/C19H30O5/c1-4-7-8-9-13-14(10-20)19(17-16(24-17)15(13)21)22-11-18(5-2,6-3)12-23-19/h8-9,13-14,16-17,20H,4-7,10-12H2,1-3H3/t13?,14?,16-,17+/m0/s1. The molecule has 3 fully saturated rings. The monoisotopic (exact) mass is 338 g/mol. The third kappa shape index (κ3) is 2.75. The Morgan fingerprint density at radius 1 is 1.21 bits per heavy atom. The lowest BCUT2D eigenvalue weighted by molar-refractivity contribution is -0.343. The van der Waals surface area contributed by atoms with E-state index in [-0.39, 0.29) is 23.9 Å². The smallest absolute Gasteiger partial charge is 0.204 e. The van der Waals surface area contributed by atoms with E-state index < -0.39 is 23.7 Å². The van der Waals surface area contributed by atoms with Crippen LogP contribution in [0.2, 0.25) is 0 Å². The van der Waals surface area contributed by atoms with Gasteiger partial charge in [0.2, 0.25) is 5.79 Å². The number of aliphatic hydroxyl groups is 1. The Kier molecular flexibility index (Phi) is 5.17. The van der Waals surface area contributed by atoms with E-state index in [1.807, 2.05) is 12.2 Å². The maximum atomic E-state index is 12.6. The summed E-state index contributed by atoms with van der Waals surface area (Å²) in [5.41, 5.74) is 0.0185. The highest BCUT2D eigenvalue weighted by molar-refractivity contribution is 5.91. The highest BCUT2D eigenvalue weighted by Crippen LogP contribution is 2.53. The van der Waals surface area contributed by atoms with E-state index >= 15 is 0 Å². The van der Waals surface area contributed by atoms with E-state index in [0.717, 1.165) is 25.7 Å². The summed E-state index contributed by atoms with van der Waals surface area (Å²) in [6, 6.07) is 0. The van der Waals surface area contributed by atoms with Gasteiger partial charge in [-0.25, -0.2) is 0 Å². The molecule has 0 aromatic rings. The summed E-state index contributed by atoms with van der Waals surface area (Å²) in [5, 5.41) is 10.0. The maximum absolute atomic E-state index is 12.6. The number of epoxide rings is 1. The molecule has 1 saturated carbocycles. The van der Waals surface area contributed by atoms with Crippen molar-refractivity contribution in [3.8, 4) is 0 Å². The van der Waals surface area contributed by atoms with E-state index in [9.17, 15) is 9.90 Å². The van der Waals surface area contributed by atoms with E-state index in [0.29, 0.717) is 13.2 Å². The lowest BCUT2D eigenvalue weighted by Crippen LogP contribution is -2.63. The maximum Gasteiger partial charge on any atom is 0.204 e. The van der Waals surface area contributed by atoms with Crippen LogP contribution in [-0.4, -0.2) is 48.7 Å². The van der Waals surface area contributed by atoms with Gasteiger partial charge < -0.3 is 19.3 Å². The zero-order valence-corrected chi connectivity index (χ0v) is 15.0. The molecule has 2 aliphatic heterocycles. The number of Topliss-reactive ketones (excluding diaryl/α,β-unsaturated/α-hetero) is 1. The van der Waals surface area contributed by atoms with Gasteiger partial charge in [-0.3, -0.25) is 4.79 Å². The number of ether oxygens (including phenoxy) is 3. The molecule has 5 heteroatoms. The molecule has 3 rings (SSSR count). The Bertz CT molecular complexity index is 486. The fourth-order valence-corrected chi connectivity index (χ4v) is 4.01. The minimum absolute atomic E-state index is 0.0185. The minimum Gasteiger partial charge on any atom is -0.396 e. The number of fused-ring (bicyclic) bond motifs is 2. The van der Waals surface area contributed by atoms with Crippen LogP contribution < -0.4 is 0 Å². The first-order chi connectivity index (χ1) is 11.6. The summed E-state index contributed by atoms with van der Waals surface area (Å²) in [6.07, 6.45) is 7.03. The quantitative estimate of drug-likeness (QED) is 0.595. The highest BCUT2D eigenvalue weighted by Gasteiger charge is 2.71. The SMILES string of the molecule is CCCC=CC1C(=O)[C@@H]2O[C@H]2C2(OCC(CC)(CC)CO2)C1CO. The molecule has 3 aliphatic rings. The van der Waals surface area contributed by atoms with E-state index in [1.165, 1.54) is 0 Å². The Morgan fingerprint density at radius 3 is 2.42 bits per heavy atom. The van der Waals surface area contributed by atoms with Crippen molar-refractivity contribution in [1.29, 1.82) is 0 Å².